The van der Waals surface area contributed by atoms with Crippen LogP contribution in [0.5, 0.6) is 0 Å². The SMILES string of the molecule is CNCc1ccc(C(=O)N2CCCC(C(O)(CCCCC(N)=O)c3cccc(F)c3-c3cccc(C)c3)C2)cc1. The number of carbonyl (C=O) groups is 2. The largest absolute Gasteiger partial charge is 0.385 e. The molecule has 1 fully saturated rings. The van der Waals surface area contributed by atoms with Crippen LogP contribution in [0.15, 0.2) is 66.7 Å². The first-order valence-electron chi connectivity index (χ1n) is 14.1. The monoisotopic (exact) mass is 545 g/mol. The number of nitrogens with two attached hydrogens (primary N) is 1. The summed E-state index contributed by atoms with van der Waals surface area (Å²) in [7, 11) is 1.88. The number of nitrogens with one attached hydrogen (secondary N) is 1. The molecule has 4 rings (SSSR count). The number of hydrogen-bond acceptors (Lipinski definition) is 4. The normalized spacial score (nSPS) is 16.9. The highest BCUT2D eigenvalue weighted by molar-refractivity contribution is 5.94. The van der Waals surface area contributed by atoms with E-state index in [4.69, 9.17) is 5.73 Å². The van der Waals surface area contributed by atoms with Gasteiger partial charge in [-0.2, -0.15) is 0 Å². The molecule has 2 atom stereocenters. The zero-order valence-electron chi connectivity index (χ0n) is 23.5. The van der Waals surface area contributed by atoms with Gasteiger partial charge in [0.2, 0.25) is 5.91 Å². The number of hydrogen-bond donors (Lipinski definition) is 3. The third-order valence-corrected chi connectivity index (χ3v) is 7.98. The molecular weight excluding hydrogens is 505 g/mol. The summed E-state index contributed by atoms with van der Waals surface area (Å²) in [5, 5.41) is 15.7. The first kappa shape index (κ1) is 29.4. The van der Waals surface area contributed by atoms with Gasteiger partial charge in [-0.05, 0) is 81.0 Å². The second kappa shape index (κ2) is 13.2. The van der Waals surface area contributed by atoms with Crippen LogP contribution in [0.4, 0.5) is 4.39 Å². The molecule has 0 saturated carbocycles. The number of primary amides is 1. The van der Waals surface area contributed by atoms with Gasteiger partial charge in [-0.15, -0.1) is 0 Å². The lowest BCUT2D eigenvalue weighted by Gasteiger charge is -2.43. The van der Waals surface area contributed by atoms with E-state index in [2.05, 4.69) is 5.32 Å². The van der Waals surface area contributed by atoms with Crippen molar-refractivity contribution in [2.75, 3.05) is 20.1 Å². The molecule has 1 saturated heterocycles. The minimum atomic E-state index is -1.41. The van der Waals surface area contributed by atoms with E-state index in [-0.39, 0.29) is 24.2 Å². The highest BCUT2D eigenvalue weighted by Crippen LogP contribution is 2.44. The molecule has 3 aromatic carbocycles. The number of amides is 2. The van der Waals surface area contributed by atoms with Crippen molar-refractivity contribution in [2.45, 2.75) is 57.6 Å². The van der Waals surface area contributed by atoms with Gasteiger partial charge in [0.1, 0.15) is 5.82 Å². The maximum Gasteiger partial charge on any atom is 0.253 e. The van der Waals surface area contributed by atoms with Crippen molar-refractivity contribution in [2.24, 2.45) is 11.7 Å². The Morgan fingerprint density at radius 1 is 1.10 bits per heavy atom. The number of carbonyl (C=O) groups excluding carboxylic acids is 2. The van der Waals surface area contributed by atoms with Crippen LogP contribution >= 0.6 is 0 Å². The number of piperidine rings is 1. The number of unbranched alkanes of at least 4 members (excludes halogenated alkanes) is 1. The molecule has 1 aliphatic rings. The molecule has 212 valence electrons. The maximum absolute atomic E-state index is 15.5. The van der Waals surface area contributed by atoms with Gasteiger partial charge in [0.25, 0.3) is 5.91 Å². The Bertz CT molecular complexity index is 1330. The first-order chi connectivity index (χ1) is 19.2. The predicted octanol–water partition coefficient (Wildman–Crippen LogP) is 5.31. The van der Waals surface area contributed by atoms with E-state index in [1.807, 2.05) is 62.5 Å². The molecule has 0 aliphatic carbocycles. The number of rotatable bonds is 11. The molecule has 0 radical (unpaired) electrons. The summed E-state index contributed by atoms with van der Waals surface area (Å²) in [4.78, 5) is 26.7. The Labute approximate surface area is 236 Å². The quantitative estimate of drug-likeness (QED) is 0.285. The van der Waals surface area contributed by atoms with Crippen LogP contribution in [0.2, 0.25) is 0 Å². The van der Waals surface area contributed by atoms with Crippen LogP contribution in [0, 0.1) is 18.7 Å². The predicted molar refractivity (Wildman–Crippen MR) is 156 cm³/mol. The minimum absolute atomic E-state index is 0.0741. The van der Waals surface area contributed by atoms with E-state index in [9.17, 15) is 14.7 Å². The third-order valence-electron chi connectivity index (χ3n) is 7.98. The summed E-state index contributed by atoms with van der Waals surface area (Å²) in [5.74, 6) is -1.17. The third kappa shape index (κ3) is 6.77. The van der Waals surface area contributed by atoms with Gasteiger partial charge in [0.15, 0.2) is 0 Å². The molecule has 0 aromatic heterocycles. The van der Waals surface area contributed by atoms with Crippen LogP contribution in [-0.2, 0) is 16.9 Å². The summed E-state index contributed by atoms with van der Waals surface area (Å²) in [6.07, 6.45) is 3.05. The average molecular weight is 546 g/mol. The van der Waals surface area contributed by atoms with Gasteiger partial charge in [-0.25, -0.2) is 4.39 Å². The summed E-state index contributed by atoms with van der Waals surface area (Å²) < 4.78 is 15.5. The second-order valence-corrected chi connectivity index (χ2v) is 10.9. The fraction of sp³-hybridized carbons (Fsp3) is 0.394. The number of halogens is 1. The zero-order chi connectivity index (χ0) is 28.7. The van der Waals surface area contributed by atoms with Crippen molar-refractivity contribution in [1.82, 2.24) is 10.2 Å². The van der Waals surface area contributed by atoms with Crippen LogP contribution in [0.25, 0.3) is 11.1 Å². The molecule has 6 nitrogen and oxygen atoms in total. The molecule has 1 heterocycles. The Kier molecular flexibility index (Phi) is 9.71. The Morgan fingerprint density at radius 3 is 2.55 bits per heavy atom. The fourth-order valence-corrected chi connectivity index (χ4v) is 5.93. The molecule has 7 heteroatoms. The Morgan fingerprint density at radius 2 is 1.85 bits per heavy atom. The van der Waals surface area contributed by atoms with Gasteiger partial charge >= 0.3 is 0 Å². The zero-order valence-corrected chi connectivity index (χ0v) is 23.5. The van der Waals surface area contributed by atoms with Crippen LogP contribution < -0.4 is 11.1 Å². The lowest BCUT2D eigenvalue weighted by Crippen LogP contribution is -2.48. The van der Waals surface area contributed by atoms with E-state index in [1.54, 1.807) is 17.0 Å². The van der Waals surface area contributed by atoms with Crippen molar-refractivity contribution < 1.29 is 19.1 Å². The van der Waals surface area contributed by atoms with E-state index in [0.29, 0.717) is 61.0 Å². The summed E-state index contributed by atoms with van der Waals surface area (Å²) in [6, 6.07) is 20.1. The van der Waals surface area contributed by atoms with Gasteiger partial charge in [0, 0.05) is 43.1 Å². The van der Waals surface area contributed by atoms with Gasteiger partial charge in [-0.3, -0.25) is 9.59 Å². The van der Waals surface area contributed by atoms with Crippen LogP contribution in [0.1, 0.15) is 65.6 Å². The number of nitrogens with zero attached hydrogens (tertiary/aromatic N) is 1. The minimum Gasteiger partial charge on any atom is -0.385 e. The first-order valence-corrected chi connectivity index (χ1v) is 14.1. The smallest absolute Gasteiger partial charge is 0.253 e. The van der Waals surface area contributed by atoms with E-state index >= 15 is 4.39 Å². The van der Waals surface area contributed by atoms with Crippen molar-refractivity contribution in [3.05, 3.63) is 94.8 Å². The molecule has 4 N–H and O–H groups in total. The standard InChI is InChI=1S/C33H40FN3O3/c1-23-8-5-9-26(20-23)31-28(11-6-12-29(31)34)33(40,18-4-3-13-30(35)38)27-10-7-19-37(22-27)32(39)25-16-14-24(15-17-25)21-36-2/h5-6,8-9,11-12,14-17,20,27,36,40H,3-4,7,10,13,18-19,21-22H2,1-2H3,(H2,35,38). The summed E-state index contributed by atoms with van der Waals surface area (Å²) in [6.45, 7) is 3.63. The maximum atomic E-state index is 15.5. The highest BCUT2D eigenvalue weighted by atomic mass is 19.1. The molecular formula is C33H40FN3O3. The second-order valence-electron chi connectivity index (χ2n) is 10.9. The molecule has 2 amide bonds. The number of benzene rings is 3. The average Bonchev–Trinajstić information content (AvgIpc) is 2.95. The lowest BCUT2D eigenvalue weighted by molar-refractivity contribution is -0.118. The Hall–Kier alpha value is -3.55. The molecule has 40 heavy (non-hydrogen) atoms. The van der Waals surface area contributed by atoms with E-state index in [0.717, 1.165) is 24.1 Å². The van der Waals surface area contributed by atoms with Crippen LogP contribution in [-0.4, -0.2) is 42.0 Å². The topological polar surface area (TPSA) is 95.7 Å². The highest BCUT2D eigenvalue weighted by Gasteiger charge is 2.43. The van der Waals surface area contributed by atoms with Crippen molar-refractivity contribution >= 4 is 11.8 Å². The number of aryl methyl sites for hydroxylation is 1. The van der Waals surface area contributed by atoms with Gasteiger partial charge < -0.3 is 21.1 Å². The molecule has 0 spiro atoms. The van der Waals surface area contributed by atoms with E-state index < -0.39 is 11.4 Å². The van der Waals surface area contributed by atoms with Crippen molar-refractivity contribution in [3.63, 3.8) is 0 Å². The summed E-state index contributed by atoms with van der Waals surface area (Å²) >= 11 is 0. The molecule has 0 bridgehead atoms. The van der Waals surface area contributed by atoms with Crippen molar-refractivity contribution in [1.29, 1.82) is 0 Å². The number of likely N-dealkylation sites (tertiary alicyclic amines) is 1. The van der Waals surface area contributed by atoms with Gasteiger partial charge in [0.05, 0.1) is 5.60 Å². The molecule has 1 aliphatic heterocycles. The van der Waals surface area contributed by atoms with Gasteiger partial charge in [-0.1, -0.05) is 54.1 Å². The summed E-state index contributed by atoms with van der Waals surface area (Å²) in [5.41, 5.74) is 8.26. The fourth-order valence-electron chi connectivity index (χ4n) is 5.93. The van der Waals surface area contributed by atoms with E-state index in [1.165, 1.54) is 6.07 Å². The molecule has 3 aromatic rings. The number of aliphatic hydroxyl groups is 1. The molecule has 2 unspecified atom stereocenters. The lowest BCUT2D eigenvalue weighted by atomic mass is 9.71. The Balaban J connectivity index is 1.68. The van der Waals surface area contributed by atoms with Crippen LogP contribution in [0.3, 0.4) is 0 Å². The van der Waals surface area contributed by atoms with Crippen molar-refractivity contribution in [3.8, 4) is 11.1 Å².